The highest BCUT2D eigenvalue weighted by Gasteiger charge is 2.16. The van der Waals surface area contributed by atoms with Gasteiger partial charge in [-0.3, -0.25) is 4.79 Å². The van der Waals surface area contributed by atoms with Crippen molar-refractivity contribution in [3.8, 4) is 0 Å². The Labute approximate surface area is 102 Å². The van der Waals surface area contributed by atoms with Gasteiger partial charge in [-0.25, -0.2) is 4.98 Å². The summed E-state index contributed by atoms with van der Waals surface area (Å²) < 4.78 is 0. The number of anilines is 1. The molecule has 0 atom stereocenters. The Kier molecular flexibility index (Phi) is 3.96. The van der Waals surface area contributed by atoms with Crippen molar-refractivity contribution in [2.24, 2.45) is 0 Å². The average Bonchev–Trinajstić information content (AvgIpc) is 2.82. The molecule has 0 radical (unpaired) electrons. The first-order chi connectivity index (χ1) is 8.25. The third-order valence-corrected chi connectivity index (χ3v) is 2.99. The minimum atomic E-state index is 0.252. The molecule has 92 valence electrons. The standard InChI is InChI=1S/C13H19N3O/c1-11-5-4-6-12(15-11)14-8-7-13(17)16-9-2-3-10-16/h4-6H,2-3,7-10H2,1H3,(H,14,15). The largest absolute Gasteiger partial charge is 0.370 e. The lowest BCUT2D eigenvalue weighted by atomic mass is 10.3. The Morgan fingerprint density at radius 2 is 2.18 bits per heavy atom. The van der Waals surface area contributed by atoms with Crippen LogP contribution in [0.3, 0.4) is 0 Å². The highest BCUT2D eigenvalue weighted by Crippen LogP contribution is 2.09. The van der Waals surface area contributed by atoms with E-state index in [1.807, 2.05) is 30.0 Å². The molecule has 0 saturated carbocycles. The number of nitrogens with zero attached hydrogens (tertiary/aromatic N) is 2. The summed E-state index contributed by atoms with van der Waals surface area (Å²) in [6.07, 6.45) is 2.85. The summed E-state index contributed by atoms with van der Waals surface area (Å²) in [5, 5.41) is 3.18. The number of aryl methyl sites for hydroxylation is 1. The topological polar surface area (TPSA) is 45.2 Å². The zero-order valence-corrected chi connectivity index (χ0v) is 10.3. The fourth-order valence-corrected chi connectivity index (χ4v) is 2.06. The number of likely N-dealkylation sites (tertiary alicyclic amines) is 1. The van der Waals surface area contributed by atoms with E-state index in [0.717, 1.165) is 37.4 Å². The third-order valence-electron chi connectivity index (χ3n) is 2.99. The molecule has 17 heavy (non-hydrogen) atoms. The van der Waals surface area contributed by atoms with Gasteiger partial charge in [0.2, 0.25) is 5.91 Å². The van der Waals surface area contributed by atoms with Crippen molar-refractivity contribution in [1.82, 2.24) is 9.88 Å². The average molecular weight is 233 g/mol. The quantitative estimate of drug-likeness (QED) is 0.862. The van der Waals surface area contributed by atoms with Gasteiger partial charge in [0, 0.05) is 31.7 Å². The molecule has 0 bridgehead atoms. The summed E-state index contributed by atoms with van der Waals surface area (Å²) in [7, 11) is 0. The predicted molar refractivity (Wildman–Crippen MR) is 67.9 cm³/mol. The Hall–Kier alpha value is -1.58. The molecule has 1 aliphatic heterocycles. The molecule has 1 aliphatic rings. The van der Waals surface area contributed by atoms with Crippen LogP contribution in [0.5, 0.6) is 0 Å². The van der Waals surface area contributed by atoms with Gasteiger partial charge in [0.25, 0.3) is 0 Å². The van der Waals surface area contributed by atoms with Gasteiger partial charge in [-0.15, -0.1) is 0 Å². The summed E-state index contributed by atoms with van der Waals surface area (Å²) in [6, 6.07) is 5.85. The van der Waals surface area contributed by atoms with Crippen LogP contribution in [0.4, 0.5) is 5.82 Å². The molecule has 1 aromatic heterocycles. The number of pyridine rings is 1. The molecule has 0 aromatic carbocycles. The maximum atomic E-state index is 11.8. The Balaban J connectivity index is 1.73. The van der Waals surface area contributed by atoms with Crippen LogP contribution in [-0.2, 0) is 4.79 Å². The molecule has 0 spiro atoms. The van der Waals surface area contributed by atoms with Crippen molar-refractivity contribution in [2.45, 2.75) is 26.2 Å². The SMILES string of the molecule is Cc1cccc(NCCC(=O)N2CCCC2)n1. The number of amides is 1. The number of aromatic nitrogens is 1. The second-order valence-electron chi connectivity index (χ2n) is 4.43. The van der Waals surface area contributed by atoms with E-state index in [4.69, 9.17) is 0 Å². The lowest BCUT2D eigenvalue weighted by molar-refractivity contribution is -0.129. The second-order valence-corrected chi connectivity index (χ2v) is 4.43. The lowest BCUT2D eigenvalue weighted by Gasteiger charge is -2.15. The van der Waals surface area contributed by atoms with Gasteiger partial charge in [-0.1, -0.05) is 6.07 Å². The van der Waals surface area contributed by atoms with E-state index in [0.29, 0.717) is 13.0 Å². The molecule has 2 rings (SSSR count). The zero-order chi connectivity index (χ0) is 12.1. The summed E-state index contributed by atoms with van der Waals surface area (Å²) in [5.41, 5.74) is 0.987. The smallest absolute Gasteiger partial charge is 0.224 e. The van der Waals surface area contributed by atoms with Crippen molar-refractivity contribution < 1.29 is 4.79 Å². The fourth-order valence-electron chi connectivity index (χ4n) is 2.06. The van der Waals surface area contributed by atoms with Gasteiger partial charge < -0.3 is 10.2 Å². The third kappa shape index (κ3) is 3.44. The van der Waals surface area contributed by atoms with Crippen LogP contribution in [0.15, 0.2) is 18.2 Å². The van der Waals surface area contributed by atoms with Crippen LogP contribution in [0.1, 0.15) is 25.0 Å². The van der Waals surface area contributed by atoms with Crippen molar-refractivity contribution in [1.29, 1.82) is 0 Å². The molecule has 1 N–H and O–H groups in total. The summed E-state index contributed by atoms with van der Waals surface area (Å²) in [4.78, 5) is 18.0. The Morgan fingerprint density at radius 3 is 2.88 bits per heavy atom. The van der Waals surface area contributed by atoms with Gasteiger partial charge in [0.1, 0.15) is 5.82 Å². The van der Waals surface area contributed by atoms with Crippen LogP contribution < -0.4 is 5.32 Å². The second kappa shape index (κ2) is 5.66. The molecule has 1 fully saturated rings. The van der Waals surface area contributed by atoms with E-state index in [2.05, 4.69) is 10.3 Å². The molecule has 4 heteroatoms. The number of hydrogen-bond donors (Lipinski definition) is 1. The van der Waals surface area contributed by atoms with Crippen LogP contribution in [0, 0.1) is 6.92 Å². The van der Waals surface area contributed by atoms with Crippen molar-refractivity contribution >= 4 is 11.7 Å². The lowest BCUT2D eigenvalue weighted by Crippen LogP contribution is -2.29. The van der Waals surface area contributed by atoms with Crippen LogP contribution in [-0.4, -0.2) is 35.4 Å². The molecular formula is C13H19N3O. The molecular weight excluding hydrogens is 214 g/mol. The number of rotatable bonds is 4. The Morgan fingerprint density at radius 1 is 1.41 bits per heavy atom. The first-order valence-corrected chi connectivity index (χ1v) is 6.21. The van der Waals surface area contributed by atoms with E-state index in [-0.39, 0.29) is 5.91 Å². The summed E-state index contributed by atoms with van der Waals surface area (Å²) in [6.45, 7) is 4.48. The fraction of sp³-hybridized carbons (Fsp3) is 0.538. The highest BCUT2D eigenvalue weighted by molar-refractivity contribution is 5.76. The van der Waals surface area contributed by atoms with Gasteiger partial charge in [0.15, 0.2) is 0 Å². The molecule has 2 heterocycles. The van der Waals surface area contributed by atoms with Crippen LogP contribution >= 0.6 is 0 Å². The molecule has 1 amide bonds. The van der Waals surface area contributed by atoms with Gasteiger partial charge >= 0.3 is 0 Å². The van der Waals surface area contributed by atoms with E-state index in [1.165, 1.54) is 0 Å². The first-order valence-electron chi connectivity index (χ1n) is 6.21. The van der Waals surface area contributed by atoms with E-state index >= 15 is 0 Å². The van der Waals surface area contributed by atoms with Crippen molar-refractivity contribution in [3.63, 3.8) is 0 Å². The summed E-state index contributed by atoms with van der Waals surface area (Å²) in [5.74, 6) is 1.10. The van der Waals surface area contributed by atoms with Gasteiger partial charge in [-0.05, 0) is 31.9 Å². The van der Waals surface area contributed by atoms with E-state index < -0.39 is 0 Å². The van der Waals surface area contributed by atoms with E-state index in [1.54, 1.807) is 0 Å². The Bertz CT molecular complexity index is 386. The minimum absolute atomic E-state index is 0.252. The predicted octanol–water partition coefficient (Wildman–Crippen LogP) is 1.81. The van der Waals surface area contributed by atoms with Crippen LogP contribution in [0.25, 0.3) is 0 Å². The number of carbonyl (C=O) groups is 1. The molecule has 1 saturated heterocycles. The van der Waals surface area contributed by atoms with Crippen molar-refractivity contribution in [3.05, 3.63) is 23.9 Å². The maximum absolute atomic E-state index is 11.8. The maximum Gasteiger partial charge on any atom is 0.224 e. The number of carbonyl (C=O) groups excluding carboxylic acids is 1. The summed E-state index contributed by atoms with van der Waals surface area (Å²) >= 11 is 0. The zero-order valence-electron chi connectivity index (χ0n) is 10.3. The molecule has 1 aromatic rings. The van der Waals surface area contributed by atoms with Crippen molar-refractivity contribution in [2.75, 3.05) is 25.0 Å². The minimum Gasteiger partial charge on any atom is -0.370 e. The first kappa shape index (κ1) is 11.9. The monoisotopic (exact) mass is 233 g/mol. The van der Waals surface area contributed by atoms with E-state index in [9.17, 15) is 4.79 Å². The highest BCUT2D eigenvalue weighted by atomic mass is 16.2. The van der Waals surface area contributed by atoms with Gasteiger partial charge in [0.05, 0.1) is 0 Å². The van der Waals surface area contributed by atoms with Gasteiger partial charge in [-0.2, -0.15) is 0 Å². The molecule has 4 nitrogen and oxygen atoms in total. The molecule has 0 unspecified atom stereocenters. The van der Waals surface area contributed by atoms with Crippen LogP contribution in [0.2, 0.25) is 0 Å². The molecule has 0 aliphatic carbocycles. The number of nitrogens with one attached hydrogen (secondary N) is 1. The normalized spacial score (nSPS) is 15.0. The number of hydrogen-bond acceptors (Lipinski definition) is 3.